The van der Waals surface area contributed by atoms with Crippen LogP contribution >= 0.6 is 12.4 Å². The fourth-order valence-corrected chi connectivity index (χ4v) is 3.66. The summed E-state index contributed by atoms with van der Waals surface area (Å²) in [4.78, 5) is 12.2. The minimum Gasteiger partial charge on any atom is -0.326 e. The molecule has 1 saturated heterocycles. The van der Waals surface area contributed by atoms with Gasteiger partial charge in [-0.1, -0.05) is 19.1 Å². The summed E-state index contributed by atoms with van der Waals surface area (Å²) < 4.78 is 11.3. The van der Waals surface area contributed by atoms with Crippen LogP contribution in [-0.4, -0.2) is 29.5 Å². The van der Waals surface area contributed by atoms with Gasteiger partial charge in [0.15, 0.2) is 0 Å². The van der Waals surface area contributed by atoms with E-state index < -0.39 is 10.8 Å². The summed E-state index contributed by atoms with van der Waals surface area (Å²) in [6.07, 6.45) is 4.65. The number of hydrogen-bond acceptors (Lipinski definition) is 3. The summed E-state index contributed by atoms with van der Waals surface area (Å²) in [5, 5.41) is 6.37. The van der Waals surface area contributed by atoms with Crippen molar-refractivity contribution < 1.29 is 9.00 Å². The molecule has 0 aromatic heterocycles. The molecular formula is C17H27ClN2O2S. The molecule has 0 aliphatic carbocycles. The molecule has 0 radical (unpaired) electrons. The molecule has 0 bridgehead atoms. The molecule has 3 unspecified atom stereocenters. The van der Waals surface area contributed by atoms with Gasteiger partial charge >= 0.3 is 0 Å². The topological polar surface area (TPSA) is 58.2 Å². The molecule has 0 spiro atoms. The van der Waals surface area contributed by atoms with Gasteiger partial charge in [-0.05, 0) is 55.5 Å². The van der Waals surface area contributed by atoms with E-state index in [1.165, 1.54) is 12.8 Å². The van der Waals surface area contributed by atoms with Crippen LogP contribution in [0.5, 0.6) is 0 Å². The lowest BCUT2D eigenvalue weighted by Crippen LogP contribution is -2.34. The highest BCUT2D eigenvalue weighted by Crippen LogP contribution is 2.23. The summed E-state index contributed by atoms with van der Waals surface area (Å²) >= 11 is 0. The molecule has 1 amide bonds. The number of amides is 1. The first-order valence-corrected chi connectivity index (χ1v) is 9.67. The van der Waals surface area contributed by atoms with E-state index in [0.717, 1.165) is 24.3 Å². The number of nitrogens with one attached hydrogen (secondary N) is 2. The highest BCUT2D eigenvalue weighted by molar-refractivity contribution is 7.83. The number of hydrogen-bond donors (Lipinski definition) is 2. The zero-order valence-corrected chi connectivity index (χ0v) is 15.5. The Balaban J connectivity index is 0.00000264. The Morgan fingerprint density at radius 3 is 2.91 bits per heavy atom. The molecule has 1 aromatic rings. The van der Waals surface area contributed by atoms with Crippen LogP contribution in [0.25, 0.3) is 0 Å². The van der Waals surface area contributed by atoms with Gasteiger partial charge in [0.1, 0.15) is 0 Å². The fourth-order valence-electron chi connectivity index (χ4n) is 3.01. The molecule has 0 saturated carbocycles. The number of carbonyl (C=O) groups excluding carboxylic acids is 1. The third kappa shape index (κ3) is 7.02. The molecule has 2 N–H and O–H groups in total. The number of carbonyl (C=O) groups is 1. The number of anilines is 1. The molecule has 6 heteroatoms. The van der Waals surface area contributed by atoms with Crippen molar-refractivity contribution in [1.29, 1.82) is 0 Å². The number of piperidine rings is 1. The van der Waals surface area contributed by atoms with Gasteiger partial charge in [-0.25, -0.2) is 0 Å². The van der Waals surface area contributed by atoms with Gasteiger partial charge in [0.25, 0.3) is 0 Å². The van der Waals surface area contributed by atoms with Crippen molar-refractivity contribution in [2.24, 2.45) is 11.8 Å². The monoisotopic (exact) mass is 358 g/mol. The first-order valence-electron chi connectivity index (χ1n) is 7.94. The van der Waals surface area contributed by atoms with Crippen LogP contribution in [0.1, 0.15) is 31.7 Å². The molecule has 1 aliphatic rings. The Hall–Kier alpha value is -0.910. The van der Waals surface area contributed by atoms with Crippen molar-refractivity contribution in [2.75, 3.05) is 24.7 Å². The highest BCUT2D eigenvalue weighted by Gasteiger charge is 2.22. The Morgan fingerprint density at radius 1 is 1.48 bits per heavy atom. The Bertz CT molecular complexity index is 533. The van der Waals surface area contributed by atoms with E-state index in [4.69, 9.17) is 0 Å². The summed E-state index contributed by atoms with van der Waals surface area (Å²) in [5.74, 6) is 1.56. The molecule has 4 nitrogen and oxygen atoms in total. The lowest BCUT2D eigenvalue weighted by molar-refractivity contribution is -0.117. The average molecular weight is 359 g/mol. The van der Waals surface area contributed by atoms with Crippen LogP contribution in [-0.2, 0) is 21.3 Å². The van der Waals surface area contributed by atoms with E-state index in [-0.39, 0.29) is 18.3 Å². The first-order chi connectivity index (χ1) is 10.5. The Labute approximate surface area is 147 Å². The first kappa shape index (κ1) is 20.1. The maximum absolute atomic E-state index is 12.2. The third-order valence-electron chi connectivity index (χ3n) is 4.23. The number of benzene rings is 1. The second-order valence-corrected chi connectivity index (χ2v) is 7.69. The third-order valence-corrected chi connectivity index (χ3v) is 4.97. The van der Waals surface area contributed by atoms with Gasteiger partial charge in [0.05, 0.1) is 0 Å². The minimum atomic E-state index is -0.870. The van der Waals surface area contributed by atoms with Crippen molar-refractivity contribution in [3.05, 3.63) is 29.8 Å². The van der Waals surface area contributed by atoms with E-state index in [0.29, 0.717) is 24.0 Å². The number of rotatable bonds is 6. The smallest absolute Gasteiger partial charge is 0.224 e. The van der Waals surface area contributed by atoms with Crippen LogP contribution in [0.2, 0.25) is 0 Å². The summed E-state index contributed by atoms with van der Waals surface area (Å²) in [6, 6.07) is 7.62. The zero-order valence-electron chi connectivity index (χ0n) is 13.8. The lowest BCUT2D eigenvalue weighted by Gasteiger charge is -2.28. The van der Waals surface area contributed by atoms with Crippen molar-refractivity contribution in [3.8, 4) is 0 Å². The second-order valence-electron chi connectivity index (χ2n) is 6.25. The second kappa shape index (κ2) is 10.1. The zero-order chi connectivity index (χ0) is 15.9. The largest absolute Gasteiger partial charge is 0.326 e. The minimum absolute atomic E-state index is 0. The molecule has 3 atom stereocenters. The van der Waals surface area contributed by atoms with Crippen LogP contribution in [0.15, 0.2) is 24.3 Å². The predicted octanol–water partition coefficient (Wildman–Crippen LogP) is 2.95. The maximum Gasteiger partial charge on any atom is 0.224 e. The standard InChI is InChI=1S/C17H26N2O2S.ClH/c1-13(15-6-4-8-18-11-15)9-17(20)19-16-7-3-5-14(10-16)12-22(2)21;/h3,5,7,10,13,15,18H,4,6,8-9,11-12H2,1-2H3,(H,19,20);1H. The number of halogens is 1. The molecule has 1 fully saturated rings. The van der Waals surface area contributed by atoms with Gasteiger partial charge in [-0.15, -0.1) is 12.4 Å². The van der Waals surface area contributed by atoms with Gasteiger partial charge in [-0.2, -0.15) is 0 Å². The molecular weight excluding hydrogens is 332 g/mol. The van der Waals surface area contributed by atoms with Gasteiger partial charge in [0.2, 0.25) is 5.91 Å². The van der Waals surface area contributed by atoms with Crippen LogP contribution in [0, 0.1) is 11.8 Å². The van der Waals surface area contributed by atoms with Crippen LogP contribution in [0.4, 0.5) is 5.69 Å². The van der Waals surface area contributed by atoms with E-state index in [2.05, 4.69) is 17.6 Å². The SMILES string of the molecule is CC(CC(=O)Nc1cccc(CS(C)=O)c1)C1CCCNC1.Cl. The van der Waals surface area contributed by atoms with Crippen molar-refractivity contribution in [1.82, 2.24) is 5.32 Å². The summed E-state index contributed by atoms with van der Waals surface area (Å²) in [5.41, 5.74) is 1.78. The Morgan fingerprint density at radius 2 is 2.26 bits per heavy atom. The molecule has 1 aromatic carbocycles. The predicted molar refractivity (Wildman–Crippen MR) is 99.5 cm³/mol. The van der Waals surface area contributed by atoms with E-state index in [9.17, 15) is 9.00 Å². The van der Waals surface area contributed by atoms with Gasteiger partial charge < -0.3 is 10.6 Å². The average Bonchev–Trinajstić information content (AvgIpc) is 2.47. The maximum atomic E-state index is 12.2. The highest BCUT2D eigenvalue weighted by atomic mass is 35.5. The van der Waals surface area contributed by atoms with Crippen molar-refractivity contribution in [2.45, 2.75) is 31.9 Å². The van der Waals surface area contributed by atoms with Gasteiger partial charge in [0, 0.05) is 34.9 Å². The van der Waals surface area contributed by atoms with Crippen LogP contribution < -0.4 is 10.6 Å². The van der Waals surface area contributed by atoms with Crippen molar-refractivity contribution >= 4 is 34.8 Å². The molecule has 2 rings (SSSR count). The van der Waals surface area contributed by atoms with E-state index >= 15 is 0 Å². The van der Waals surface area contributed by atoms with E-state index in [1.54, 1.807) is 6.26 Å². The fraction of sp³-hybridized carbons (Fsp3) is 0.588. The molecule has 1 aliphatic heterocycles. The molecule has 130 valence electrons. The summed E-state index contributed by atoms with van der Waals surface area (Å²) in [7, 11) is -0.870. The van der Waals surface area contributed by atoms with Crippen molar-refractivity contribution in [3.63, 3.8) is 0 Å². The van der Waals surface area contributed by atoms with Crippen LogP contribution in [0.3, 0.4) is 0 Å². The van der Waals surface area contributed by atoms with Gasteiger partial charge in [-0.3, -0.25) is 9.00 Å². The molecule has 23 heavy (non-hydrogen) atoms. The molecule has 1 heterocycles. The Kier molecular flexibility index (Phi) is 8.81. The lowest BCUT2D eigenvalue weighted by atomic mass is 9.85. The normalized spacial score (nSPS) is 20.2. The van der Waals surface area contributed by atoms with E-state index in [1.807, 2.05) is 24.3 Å². The quantitative estimate of drug-likeness (QED) is 0.822. The summed E-state index contributed by atoms with van der Waals surface area (Å²) in [6.45, 7) is 4.28.